The Hall–Kier alpha value is -2.92. The van der Waals surface area contributed by atoms with Gasteiger partial charge in [-0.2, -0.15) is 0 Å². The Morgan fingerprint density at radius 1 is 1.15 bits per heavy atom. The summed E-state index contributed by atoms with van der Waals surface area (Å²) in [5, 5.41) is 12.9. The third-order valence-electron chi connectivity index (χ3n) is 6.70. The number of halogens is 1. The third kappa shape index (κ3) is 5.41. The van der Waals surface area contributed by atoms with Gasteiger partial charge >= 0.3 is 6.03 Å². The van der Waals surface area contributed by atoms with Crippen molar-refractivity contribution in [3.63, 3.8) is 0 Å². The summed E-state index contributed by atoms with van der Waals surface area (Å²) in [6.07, 6.45) is 1.82. The highest BCUT2D eigenvalue weighted by molar-refractivity contribution is 5.89. The highest BCUT2D eigenvalue weighted by Crippen LogP contribution is 2.42. The van der Waals surface area contributed by atoms with Crippen LogP contribution in [0.4, 0.5) is 14.9 Å². The van der Waals surface area contributed by atoms with Gasteiger partial charge in [0.2, 0.25) is 0 Å². The predicted octanol–water partition coefficient (Wildman–Crippen LogP) is 3.20. The molecule has 2 amide bonds. The highest BCUT2D eigenvalue weighted by Gasteiger charge is 2.49. The fourth-order valence-corrected chi connectivity index (χ4v) is 4.97. The Morgan fingerprint density at radius 3 is 2.59 bits per heavy atom. The van der Waals surface area contributed by atoms with Crippen LogP contribution in [-0.4, -0.2) is 84.8 Å². The Labute approximate surface area is 201 Å². The van der Waals surface area contributed by atoms with Crippen molar-refractivity contribution in [1.82, 2.24) is 14.7 Å². The minimum Gasteiger partial charge on any atom is -0.395 e. The number of fused-ring (bicyclic) bond motifs is 1. The zero-order chi connectivity index (χ0) is 24.1. The lowest BCUT2D eigenvalue weighted by molar-refractivity contribution is -0.0585. The van der Waals surface area contributed by atoms with Crippen molar-refractivity contribution >= 4 is 11.7 Å². The molecular weight excluding hydrogens is 431 g/mol. The number of amides is 2. The summed E-state index contributed by atoms with van der Waals surface area (Å²) < 4.78 is 14.1. The summed E-state index contributed by atoms with van der Waals surface area (Å²) in [5.41, 5.74) is 2.30. The Kier molecular flexibility index (Phi) is 7.84. The number of carbonyl (C=O) groups excluding carboxylic acids is 1. The SMILES string of the molecule is CN(C)CC#Cc1ccc([C@@H]2[C@@H](CO)N3CCCCN(C(=O)Nc4ccccc4F)C[C@@H]23)cc1. The molecule has 2 fully saturated rings. The van der Waals surface area contributed by atoms with Crippen LogP contribution in [0.15, 0.2) is 48.5 Å². The molecule has 0 spiro atoms. The summed E-state index contributed by atoms with van der Waals surface area (Å²) >= 11 is 0. The Morgan fingerprint density at radius 2 is 1.88 bits per heavy atom. The number of nitrogens with zero attached hydrogens (tertiary/aromatic N) is 3. The molecule has 34 heavy (non-hydrogen) atoms. The molecule has 0 radical (unpaired) electrons. The number of rotatable bonds is 4. The van der Waals surface area contributed by atoms with Crippen LogP contribution in [0.2, 0.25) is 0 Å². The van der Waals surface area contributed by atoms with E-state index in [0.717, 1.165) is 30.5 Å². The van der Waals surface area contributed by atoms with E-state index in [4.69, 9.17) is 0 Å². The molecular formula is C27H33FN4O2. The van der Waals surface area contributed by atoms with Crippen LogP contribution in [0.3, 0.4) is 0 Å². The van der Waals surface area contributed by atoms with E-state index >= 15 is 0 Å². The lowest BCUT2D eigenvalue weighted by Gasteiger charge is -2.57. The van der Waals surface area contributed by atoms with Crippen molar-refractivity contribution in [2.45, 2.75) is 30.8 Å². The fraction of sp³-hybridized carbons (Fsp3) is 0.444. The molecule has 7 heteroatoms. The smallest absolute Gasteiger partial charge is 0.321 e. The minimum absolute atomic E-state index is 0.0326. The van der Waals surface area contributed by atoms with Crippen LogP contribution >= 0.6 is 0 Å². The number of hydrogen-bond acceptors (Lipinski definition) is 4. The normalized spacial score (nSPS) is 22.6. The number of aliphatic hydroxyl groups is 1. The zero-order valence-corrected chi connectivity index (χ0v) is 19.9. The zero-order valence-electron chi connectivity index (χ0n) is 19.9. The van der Waals surface area contributed by atoms with Crippen LogP contribution < -0.4 is 5.32 Å². The van der Waals surface area contributed by atoms with E-state index in [9.17, 15) is 14.3 Å². The van der Waals surface area contributed by atoms with Crippen molar-refractivity contribution in [3.8, 4) is 11.8 Å². The molecule has 0 aliphatic carbocycles. The second-order valence-corrected chi connectivity index (χ2v) is 9.31. The number of benzene rings is 2. The molecule has 2 N–H and O–H groups in total. The van der Waals surface area contributed by atoms with E-state index in [1.54, 1.807) is 23.1 Å². The summed E-state index contributed by atoms with van der Waals surface area (Å²) in [5.74, 6) is 6.01. The molecule has 3 atom stereocenters. The third-order valence-corrected chi connectivity index (χ3v) is 6.70. The van der Waals surface area contributed by atoms with Crippen molar-refractivity contribution in [1.29, 1.82) is 0 Å². The molecule has 4 rings (SSSR count). The quantitative estimate of drug-likeness (QED) is 0.683. The standard InChI is InChI=1S/C27H33FN4O2/c1-30(2)15-7-8-20-11-13-21(14-12-20)26-24-18-31(16-5-6-17-32(24)25(26)19-33)27(34)29-23-10-4-3-9-22(23)28/h3-4,9-14,24-26,33H,5-6,15-19H2,1-2H3,(H,29,34)/t24-,25+,26-/m0/s1. The van der Waals surface area contributed by atoms with Crippen molar-refractivity contribution in [2.24, 2.45) is 0 Å². The highest BCUT2D eigenvalue weighted by atomic mass is 19.1. The number of carbonyl (C=O) groups is 1. The number of nitrogens with one attached hydrogen (secondary N) is 1. The summed E-state index contributed by atoms with van der Waals surface area (Å²) in [6, 6.07) is 14.3. The molecule has 6 nitrogen and oxygen atoms in total. The van der Waals surface area contributed by atoms with Gasteiger partial charge in [-0.3, -0.25) is 9.80 Å². The Bertz CT molecular complexity index is 1050. The van der Waals surface area contributed by atoms with E-state index in [2.05, 4.69) is 34.2 Å². The van der Waals surface area contributed by atoms with Crippen LogP contribution in [-0.2, 0) is 0 Å². The van der Waals surface area contributed by atoms with Gasteiger partial charge in [-0.25, -0.2) is 9.18 Å². The molecule has 2 saturated heterocycles. The maximum Gasteiger partial charge on any atom is 0.321 e. The number of aliphatic hydroxyl groups excluding tert-OH is 1. The van der Waals surface area contributed by atoms with Crippen molar-refractivity contribution in [2.75, 3.05) is 52.2 Å². The molecule has 2 aromatic carbocycles. The van der Waals surface area contributed by atoms with Crippen molar-refractivity contribution < 1.29 is 14.3 Å². The van der Waals surface area contributed by atoms with Gasteiger partial charge < -0.3 is 15.3 Å². The van der Waals surface area contributed by atoms with Gasteiger partial charge in [-0.1, -0.05) is 36.1 Å². The first-order valence-electron chi connectivity index (χ1n) is 11.9. The summed E-state index contributed by atoms with van der Waals surface area (Å²) in [4.78, 5) is 19.1. The second-order valence-electron chi connectivity index (χ2n) is 9.31. The van der Waals surface area contributed by atoms with E-state index in [1.807, 2.05) is 31.1 Å². The molecule has 180 valence electrons. The van der Waals surface area contributed by atoms with E-state index in [1.165, 1.54) is 6.07 Å². The van der Waals surface area contributed by atoms with Gasteiger partial charge in [0.15, 0.2) is 0 Å². The molecule has 0 unspecified atom stereocenters. The Balaban J connectivity index is 1.49. The van der Waals surface area contributed by atoms with Gasteiger partial charge in [0.25, 0.3) is 0 Å². The summed E-state index contributed by atoms with van der Waals surface area (Å²) in [7, 11) is 3.98. The minimum atomic E-state index is -0.444. The maximum atomic E-state index is 14.1. The largest absolute Gasteiger partial charge is 0.395 e. The molecule has 0 aromatic heterocycles. The fourth-order valence-electron chi connectivity index (χ4n) is 4.97. The number of anilines is 1. The van der Waals surface area contributed by atoms with Gasteiger partial charge in [0, 0.05) is 36.7 Å². The lowest BCUT2D eigenvalue weighted by atomic mass is 9.74. The molecule has 2 aliphatic heterocycles. The maximum absolute atomic E-state index is 14.1. The first kappa shape index (κ1) is 24.2. The molecule has 0 bridgehead atoms. The number of urea groups is 1. The van der Waals surface area contributed by atoms with Crippen LogP contribution in [0.25, 0.3) is 0 Å². The van der Waals surface area contributed by atoms with Gasteiger partial charge in [0.1, 0.15) is 5.82 Å². The predicted molar refractivity (Wildman–Crippen MR) is 132 cm³/mol. The monoisotopic (exact) mass is 464 g/mol. The molecule has 0 saturated carbocycles. The molecule has 2 aliphatic rings. The van der Waals surface area contributed by atoms with E-state index in [-0.39, 0.29) is 36.3 Å². The second kappa shape index (κ2) is 11.0. The summed E-state index contributed by atoms with van der Waals surface area (Å²) in [6.45, 7) is 2.85. The van der Waals surface area contributed by atoms with Gasteiger partial charge in [-0.15, -0.1) is 0 Å². The molecule has 2 heterocycles. The van der Waals surface area contributed by atoms with E-state index < -0.39 is 5.82 Å². The van der Waals surface area contributed by atoms with Crippen molar-refractivity contribution in [3.05, 3.63) is 65.5 Å². The van der Waals surface area contributed by atoms with Crippen LogP contribution in [0, 0.1) is 17.7 Å². The van der Waals surface area contributed by atoms with Gasteiger partial charge in [-0.05, 0) is 63.3 Å². The van der Waals surface area contributed by atoms with Crippen LogP contribution in [0.1, 0.15) is 29.9 Å². The first-order valence-corrected chi connectivity index (χ1v) is 11.9. The number of para-hydroxylation sites is 1. The average molecular weight is 465 g/mol. The topological polar surface area (TPSA) is 59.1 Å². The number of hydrogen-bond donors (Lipinski definition) is 2. The van der Waals surface area contributed by atoms with E-state index in [0.29, 0.717) is 19.6 Å². The average Bonchev–Trinajstić information content (AvgIpc) is 2.80. The lowest BCUT2D eigenvalue weighted by Crippen LogP contribution is -2.68. The first-order chi connectivity index (χ1) is 16.5. The van der Waals surface area contributed by atoms with Gasteiger partial charge in [0.05, 0.1) is 18.8 Å². The van der Waals surface area contributed by atoms with Crippen LogP contribution in [0.5, 0.6) is 0 Å². The molecule has 2 aromatic rings.